The Labute approximate surface area is 237 Å². The maximum absolute atomic E-state index is 12.6. The highest BCUT2D eigenvalue weighted by Gasteiger charge is 2.45. The van der Waals surface area contributed by atoms with Gasteiger partial charge in [0, 0.05) is 19.6 Å². The summed E-state index contributed by atoms with van der Waals surface area (Å²) in [4.78, 5) is 23.5. The summed E-state index contributed by atoms with van der Waals surface area (Å²) >= 11 is 0. The van der Waals surface area contributed by atoms with Gasteiger partial charge in [-0.1, -0.05) is 5.92 Å². The highest BCUT2D eigenvalue weighted by Crippen LogP contribution is 2.34. The van der Waals surface area contributed by atoms with E-state index in [4.69, 9.17) is 30.1 Å². The van der Waals surface area contributed by atoms with Crippen LogP contribution in [0.15, 0.2) is 6.20 Å². The van der Waals surface area contributed by atoms with Crippen LogP contribution in [0.1, 0.15) is 12.1 Å². The second-order valence-electron chi connectivity index (χ2n) is 9.64. The van der Waals surface area contributed by atoms with Crippen molar-refractivity contribution >= 4 is 22.8 Å². The molecular formula is C26H38N6O9. The van der Waals surface area contributed by atoms with Crippen molar-refractivity contribution < 1.29 is 43.8 Å². The van der Waals surface area contributed by atoms with Gasteiger partial charge in [-0.2, -0.15) is 5.10 Å². The molecule has 15 heteroatoms. The quantitative estimate of drug-likeness (QED) is 0.120. The number of nitrogens with one attached hydrogen (secondary N) is 1. The van der Waals surface area contributed by atoms with Crippen molar-refractivity contribution in [3.05, 3.63) is 12.0 Å². The molecule has 0 unspecified atom stereocenters. The first-order valence-electron chi connectivity index (χ1n) is 13.6. The van der Waals surface area contributed by atoms with E-state index in [2.05, 4.69) is 26.3 Å². The lowest BCUT2D eigenvalue weighted by atomic mass is 9.99. The molecule has 4 N–H and O–H groups in total. The largest absolute Gasteiger partial charge is 0.394 e. The molecule has 2 aliphatic heterocycles. The summed E-state index contributed by atoms with van der Waals surface area (Å²) in [5.74, 6) is 3.23. The van der Waals surface area contributed by atoms with Crippen LogP contribution in [0, 0.1) is 25.2 Å². The van der Waals surface area contributed by atoms with Crippen molar-refractivity contribution in [2.45, 2.75) is 31.5 Å². The summed E-state index contributed by atoms with van der Waals surface area (Å²) in [6, 6.07) is 0. The number of anilines is 1. The van der Waals surface area contributed by atoms with Crippen LogP contribution in [-0.2, 0) is 28.5 Å². The molecular weight excluding hydrogens is 540 g/mol. The van der Waals surface area contributed by atoms with E-state index >= 15 is 0 Å². The third-order valence-corrected chi connectivity index (χ3v) is 6.70. The predicted molar refractivity (Wildman–Crippen MR) is 144 cm³/mol. The molecule has 226 valence electrons. The molecule has 2 saturated heterocycles. The minimum absolute atomic E-state index is 0.0614. The molecule has 4 atom stereocenters. The van der Waals surface area contributed by atoms with Crippen molar-refractivity contribution in [2.75, 3.05) is 84.0 Å². The molecule has 15 nitrogen and oxygen atoms in total. The van der Waals surface area contributed by atoms with Crippen LogP contribution < -0.4 is 10.2 Å². The van der Waals surface area contributed by atoms with Crippen LogP contribution in [-0.4, -0.2) is 138 Å². The standard InChI is InChI=1S/C26H38N6O9/c1-3-5-37-7-9-39-11-12-40-10-8-38-6-4-27-25(36)18-14-31(15-18)23-19-13-28-32(24(19)30-17(2)29-23)26-22(35)21(34)20(16-33)41-26/h1,13,18,20-22,26,33-35H,4-12,14-16H2,2H3,(H,27,36)/t20-,21-,22-,26-/m1/s1. The summed E-state index contributed by atoms with van der Waals surface area (Å²) in [6.45, 7) is 5.98. The SMILES string of the molecule is C#CCOCCOCCOCCOCCNC(=O)C1CN(c2nc(C)nc3c2cnn3[C@@H]2O[C@H](CO)[C@@H](O)[C@H]2O)C1. The van der Waals surface area contributed by atoms with Gasteiger partial charge in [0.25, 0.3) is 0 Å². The zero-order valence-electron chi connectivity index (χ0n) is 23.1. The van der Waals surface area contributed by atoms with Gasteiger partial charge >= 0.3 is 0 Å². The smallest absolute Gasteiger partial charge is 0.226 e. The van der Waals surface area contributed by atoms with Crippen LogP contribution in [0.4, 0.5) is 5.82 Å². The highest BCUT2D eigenvalue weighted by atomic mass is 16.6. The summed E-state index contributed by atoms with van der Waals surface area (Å²) in [5.41, 5.74) is 0.426. The van der Waals surface area contributed by atoms with E-state index in [0.29, 0.717) is 88.6 Å². The van der Waals surface area contributed by atoms with Crippen molar-refractivity contribution in [3.8, 4) is 12.3 Å². The fraction of sp³-hybridized carbons (Fsp3) is 0.692. The van der Waals surface area contributed by atoms with Gasteiger partial charge < -0.3 is 49.2 Å². The molecule has 0 spiro atoms. The molecule has 0 radical (unpaired) electrons. The van der Waals surface area contributed by atoms with Gasteiger partial charge in [-0.3, -0.25) is 4.79 Å². The number of hydrogen-bond donors (Lipinski definition) is 4. The van der Waals surface area contributed by atoms with Crippen molar-refractivity contribution in [2.24, 2.45) is 5.92 Å². The number of aromatic nitrogens is 4. The van der Waals surface area contributed by atoms with Gasteiger partial charge in [0.15, 0.2) is 11.9 Å². The minimum atomic E-state index is -1.28. The van der Waals surface area contributed by atoms with Crippen molar-refractivity contribution in [3.63, 3.8) is 0 Å². The van der Waals surface area contributed by atoms with Gasteiger partial charge in [0.1, 0.15) is 36.6 Å². The molecule has 2 fully saturated rings. The lowest BCUT2D eigenvalue weighted by molar-refractivity contribution is -0.126. The van der Waals surface area contributed by atoms with Crippen LogP contribution in [0.5, 0.6) is 0 Å². The van der Waals surface area contributed by atoms with Crippen LogP contribution in [0.2, 0.25) is 0 Å². The highest BCUT2D eigenvalue weighted by molar-refractivity contribution is 5.89. The molecule has 1 amide bonds. The molecule has 0 saturated carbocycles. The zero-order valence-corrected chi connectivity index (χ0v) is 23.1. The number of aryl methyl sites for hydroxylation is 1. The van der Waals surface area contributed by atoms with Gasteiger partial charge in [0.2, 0.25) is 5.91 Å². The van der Waals surface area contributed by atoms with E-state index in [1.807, 2.05) is 4.90 Å². The van der Waals surface area contributed by atoms with Crippen LogP contribution in [0.25, 0.3) is 11.0 Å². The molecule has 4 heterocycles. The Balaban J connectivity index is 1.14. The Morgan fingerprint density at radius 1 is 1.07 bits per heavy atom. The summed E-state index contributed by atoms with van der Waals surface area (Å²) < 4.78 is 28.4. The maximum Gasteiger partial charge on any atom is 0.226 e. The third kappa shape index (κ3) is 7.87. The lowest BCUT2D eigenvalue weighted by Gasteiger charge is -2.39. The van der Waals surface area contributed by atoms with E-state index in [0.717, 1.165) is 0 Å². The Bertz CT molecular complexity index is 1170. The molecule has 0 aliphatic carbocycles. The van der Waals surface area contributed by atoms with Gasteiger partial charge in [-0.15, -0.1) is 6.42 Å². The first-order valence-corrected chi connectivity index (χ1v) is 13.6. The van der Waals surface area contributed by atoms with Crippen LogP contribution in [0.3, 0.4) is 0 Å². The van der Waals surface area contributed by atoms with E-state index in [1.165, 1.54) is 4.68 Å². The summed E-state index contributed by atoms with van der Waals surface area (Å²) in [6.07, 6.45) is 2.19. The lowest BCUT2D eigenvalue weighted by Crippen LogP contribution is -2.54. The number of aliphatic hydroxyl groups excluding tert-OH is 3. The maximum atomic E-state index is 12.6. The number of carbonyl (C=O) groups is 1. The topological polar surface area (TPSA) is 183 Å². The van der Waals surface area contributed by atoms with Crippen molar-refractivity contribution in [1.29, 1.82) is 0 Å². The fourth-order valence-corrected chi connectivity index (χ4v) is 4.52. The van der Waals surface area contributed by atoms with Gasteiger partial charge in [0.05, 0.1) is 70.4 Å². The van der Waals surface area contributed by atoms with Crippen molar-refractivity contribution in [1.82, 2.24) is 25.1 Å². The number of carbonyl (C=O) groups excluding carboxylic acids is 1. The average Bonchev–Trinajstić information content (AvgIpc) is 3.47. The Morgan fingerprint density at radius 2 is 1.73 bits per heavy atom. The monoisotopic (exact) mass is 578 g/mol. The third-order valence-electron chi connectivity index (χ3n) is 6.70. The van der Waals surface area contributed by atoms with E-state index < -0.39 is 31.1 Å². The number of fused-ring (bicyclic) bond motifs is 1. The number of terminal acetylenes is 1. The second kappa shape index (κ2) is 15.3. The molecule has 0 aromatic carbocycles. The van der Waals surface area contributed by atoms with Gasteiger partial charge in [-0.05, 0) is 6.92 Å². The normalized spacial score (nSPS) is 22.7. The van der Waals surface area contributed by atoms with E-state index in [-0.39, 0.29) is 18.4 Å². The first kappa shape index (κ1) is 31.0. The summed E-state index contributed by atoms with van der Waals surface area (Å²) in [7, 11) is 0. The van der Waals surface area contributed by atoms with Gasteiger partial charge in [-0.25, -0.2) is 14.6 Å². The predicted octanol–water partition coefficient (Wildman–Crippen LogP) is -2.00. The number of ether oxygens (including phenoxy) is 5. The number of amides is 1. The number of aliphatic hydroxyl groups is 3. The van der Waals surface area contributed by atoms with E-state index in [9.17, 15) is 20.1 Å². The molecule has 4 rings (SSSR count). The Kier molecular flexibility index (Phi) is 11.6. The Morgan fingerprint density at radius 3 is 2.37 bits per heavy atom. The molecule has 0 bridgehead atoms. The average molecular weight is 579 g/mol. The van der Waals surface area contributed by atoms with Crippen LogP contribution >= 0.6 is 0 Å². The van der Waals surface area contributed by atoms with E-state index in [1.54, 1.807) is 13.1 Å². The molecule has 2 aliphatic rings. The fourth-order valence-electron chi connectivity index (χ4n) is 4.52. The first-order chi connectivity index (χ1) is 19.9. The number of nitrogens with zero attached hydrogens (tertiary/aromatic N) is 5. The summed E-state index contributed by atoms with van der Waals surface area (Å²) in [5, 5.41) is 37.8. The Hall–Kier alpha value is -2.94. The molecule has 2 aromatic heterocycles. The second-order valence-corrected chi connectivity index (χ2v) is 9.64. The molecule has 2 aromatic rings. The number of rotatable bonds is 17. The number of hydrogen-bond acceptors (Lipinski definition) is 13. The molecule has 41 heavy (non-hydrogen) atoms. The minimum Gasteiger partial charge on any atom is -0.394 e. The zero-order chi connectivity index (χ0) is 29.2.